The summed E-state index contributed by atoms with van der Waals surface area (Å²) in [5.74, 6) is 0.193. The molecule has 8 nitrogen and oxygen atoms in total. The predicted octanol–water partition coefficient (Wildman–Crippen LogP) is 0.651. The Morgan fingerprint density at radius 3 is 2.00 bits per heavy atom. The van der Waals surface area contributed by atoms with Crippen LogP contribution in [0.15, 0.2) is 0 Å². The van der Waals surface area contributed by atoms with Crippen LogP contribution in [-0.2, 0) is 28.6 Å². The highest BCUT2D eigenvalue weighted by Crippen LogP contribution is 1.98. The standard InChI is InChI=1S/C17H34N2O6/c1-15(2)16(20)5-8-22-11-12-24-10-7-18-17(21)6-9-23-13-14-25-19(3)4/h15H,5-14H2,1-4H3,(H,18,21). The second-order valence-electron chi connectivity index (χ2n) is 5.95. The lowest BCUT2D eigenvalue weighted by molar-refractivity contribution is -0.135. The Morgan fingerprint density at radius 2 is 1.40 bits per heavy atom. The number of carbonyl (C=O) groups excluding carboxylic acids is 2. The maximum Gasteiger partial charge on any atom is 0.222 e. The van der Waals surface area contributed by atoms with Crippen molar-refractivity contribution in [1.82, 2.24) is 10.4 Å². The number of nitrogens with zero attached hydrogens (tertiary/aromatic N) is 1. The van der Waals surface area contributed by atoms with Crippen molar-refractivity contribution in [1.29, 1.82) is 0 Å². The number of Topliss-reactive ketones (excluding diaryl/α,β-unsaturated/α-hetero) is 1. The molecule has 0 bridgehead atoms. The molecule has 0 saturated carbocycles. The number of rotatable bonds is 17. The van der Waals surface area contributed by atoms with Crippen molar-refractivity contribution >= 4 is 11.7 Å². The minimum atomic E-state index is -0.0689. The van der Waals surface area contributed by atoms with E-state index < -0.39 is 0 Å². The quantitative estimate of drug-likeness (QED) is 0.300. The summed E-state index contributed by atoms with van der Waals surface area (Å²) >= 11 is 0. The van der Waals surface area contributed by atoms with Crippen molar-refractivity contribution in [2.45, 2.75) is 26.7 Å². The SMILES string of the molecule is CC(C)C(=O)CCOCCOCCNC(=O)CCOCCON(C)C. The average molecular weight is 362 g/mol. The lowest BCUT2D eigenvalue weighted by Gasteiger charge is -2.10. The number of hydrogen-bond donors (Lipinski definition) is 1. The lowest BCUT2D eigenvalue weighted by Crippen LogP contribution is -2.28. The Hall–Kier alpha value is -1.06. The van der Waals surface area contributed by atoms with E-state index in [0.717, 1.165) is 0 Å². The molecule has 1 amide bonds. The maximum absolute atomic E-state index is 11.5. The fourth-order valence-corrected chi connectivity index (χ4v) is 1.68. The van der Waals surface area contributed by atoms with E-state index in [0.29, 0.717) is 65.6 Å². The fraction of sp³-hybridized carbons (Fsp3) is 0.882. The Balaban J connectivity index is 3.26. The van der Waals surface area contributed by atoms with E-state index in [9.17, 15) is 9.59 Å². The summed E-state index contributed by atoms with van der Waals surface area (Å²) in [4.78, 5) is 28.1. The fourth-order valence-electron chi connectivity index (χ4n) is 1.68. The lowest BCUT2D eigenvalue weighted by atomic mass is 10.1. The van der Waals surface area contributed by atoms with E-state index in [-0.39, 0.29) is 17.6 Å². The van der Waals surface area contributed by atoms with Gasteiger partial charge >= 0.3 is 0 Å². The number of ketones is 1. The molecule has 0 spiro atoms. The molecule has 0 aliphatic carbocycles. The van der Waals surface area contributed by atoms with Gasteiger partial charge in [0, 0.05) is 39.4 Å². The summed E-state index contributed by atoms with van der Waals surface area (Å²) in [5.41, 5.74) is 0. The van der Waals surface area contributed by atoms with Gasteiger partial charge in [-0.3, -0.25) is 14.4 Å². The van der Waals surface area contributed by atoms with Gasteiger partial charge in [-0.15, -0.1) is 0 Å². The molecule has 0 fully saturated rings. The number of ether oxygens (including phenoxy) is 3. The monoisotopic (exact) mass is 362 g/mol. The van der Waals surface area contributed by atoms with E-state index in [2.05, 4.69) is 5.32 Å². The Labute approximate surface area is 151 Å². The van der Waals surface area contributed by atoms with E-state index in [1.54, 1.807) is 19.2 Å². The maximum atomic E-state index is 11.5. The van der Waals surface area contributed by atoms with E-state index in [1.807, 2.05) is 13.8 Å². The summed E-state index contributed by atoms with van der Waals surface area (Å²) in [7, 11) is 3.60. The molecule has 0 aromatic rings. The molecule has 0 rings (SSSR count). The van der Waals surface area contributed by atoms with E-state index >= 15 is 0 Å². The van der Waals surface area contributed by atoms with Crippen molar-refractivity contribution in [3.8, 4) is 0 Å². The van der Waals surface area contributed by atoms with Gasteiger partial charge < -0.3 is 19.5 Å². The first-order valence-corrected chi connectivity index (χ1v) is 8.76. The molecule has 0 atom stereocenters. The van der Waals surface area contributed by atoms with Gasteiger partial charge in [0.2, 0.25) is 5.91 Å². The molecule has 0 heterocycles. The van der Waals surface area contributed by atoms with Crippen LogP contribution in [0.1, 0.15) is 26.7 Å². The first-order valence-electron chi connectivity index (χ1n) is 8.76. The molecule has 0 radical (unpaired) electrons. The van der Waals surface area contributed by atoms with Gasteiger partial charge in [0.1, 0.15) is 5.78 Å². The molecule has 25 heavy (non-hydrogen) atoms. The molecule has 0 saturated heterocycles. The summed E-state index contributed by atoms with van der Waals surface area (Å²) in [6.07, 6.45) is 0.756. The van der Waals surface area contributed by atoms with Gasteiger partial charge in [0.15, 0.2) is 0 Å². The Bertz CT molecular complexity index is 350. The average Bonchev–Trinajstić information content (AvgIpc) is 2.55. The Kier molecular flexibility index (Phi) is 15.7. The third kappa shape index (κ3) is 17.6. The van der Waals surface area contributed by atoms with Crippen LogP contribution in [0.25, 0.3) is 0 Å². The Morgan fingerprint density at radius 1 is 0.840 bits per heavy atom. The first kappa shape index (κ1) is 23.9. The molecule has 148 valence electrons. The number of hydroxylamine groups is 2. The van der Waals surface area contributed by atoms with Gasteiger partial charge in [-0.25, -0.2) is 0 Å². The molecular weight excluding hydrogens is 328 g/mol. The highest BCUT2D eigenvalue weighted by molar-refractivity contribution is 5.80. The summed E-state index contributed by atoms with van der Waals surface area (Å²) < 4.78 is 15.9. The second-order valence-corrected chi connectivity index (χ2v) is 5.95. The highest BCUT2D eigenvalue weighted by atomic mass is 16.7. The van der Waals surface area contributed by atoms with Crippen molar-refractivity contribution in [2.75, 3.05) is 66.9 Å². The smallest absolute Gasteiger partial charge is 0.222 e. The molecule has 0 aromatic carbocycles. The number of nitrogens with one attached hydrogen (secondary N) is 1. The van der Waals surface area contributed by atoms with Crippen molar-refractivity contribution in [2.24, 2.45) is 5.92 Å². The second kappa shape index (κ2) is 16.4. The molecule has 8 heteroatoms. The minimum absolute atomic E-state index is 0.0558. The zero-order valence-corrected chi connectivity index (χ0v) is 16.0. The van der Waals surface area contributed by atoms with Gasteiger partial charge in [-0.1, -0.05) is 13.8 Å². The normalized spacial score (nSPS) is 11.3. The van der Waals surface area contributed by atoms with Gasteiger partial charge in [-0.05, 0) is 0 Å². The summed E-state index contributed by atoms with van der Waals surface area (Å²) in [5, 5.41) is 4.36. The summed E-state index contributed by atoms with van der Waals surface area (Å²) in [6.45, 7) is 7.25. The largest absolute Gasteiger partial charge is 0.379 e. The molecule has 1 N–H and O–H groups in total. The van der Waals surface area contributed by atoms with Crippen LogP contribution in [0.4, 0.5) is 0 Å². The van der Waals surface area contributed by atoms with Crippen LogP contribution in [0.2, 0.25) is 0 Å². The predicted molar refractivity (Wildman–Crippen MR) is 94.2 cm³/mol. The zero-order valence-electron chi connectivity index (χ0n) is 16.0. The molecule has 0 aromatic heterocycles. The topological polar surface area (TPSA) is 86.3 Å². The molecule has 0 unspecified atom stereocenters. The van der Waals surface area contributed by atoms with Crippen molar-refractivity contribution in [3.63, 3.8) is 0 Å². The van der Waals surface area contributed by atoms with Gasteiger partial charge in [-0.2, -0.15) is 5.06 Å². The van der Waals surface area contributed by atoms with Crippen LogP contribution in [0.5, 0.6) is 0 Å². The van der Waals surface area contributed by atoms with Gasteiger partial charge in [0.25, 0.3) is 0 Å². The third-order valence-electron chi connectivity index (χ3n) is 3.13. The third-order valence-corrected chi connectivity index (χ3v) is 3.13. The number of amides is 1. The number of carbonyl (C=O) groups is 2. The van der Waals surface area contributed by atoms with Gasteiger partial charge in [0.05, 0.1) is 46.2 Å². The van der Waals surface area contributed by atoms with E-state index in [4.69, 9.17) is 19.0 Å². The van der Waals surface area contributed by atoms with Crippen LogP contribution >= 0.6 is 0 Å². The summed E-state index contributed by atoms with van der Waals surface area (Å²) in [6, 6.07) is 0. The van der Waals surface area contributed by atoms with Crippen molar-refractivity contribution < 1.29 is 28.6 Å². The van der Waals surface area contributed by atoms with Crippen LogP contribution in [0.3, 0.4) is 0 Å². The zero-order chi connectivity index (χ0) is 18.9. The van der Waals surface area contributed by atoms with Crippen molar-refractivity contribution in [3.05, 3.63) is 0 Å². The number of hydrogen-bond acceptors (Lipinski definition) is 7. The minimum Gasteiger partial charge on any atom is -0.379 e. The van der Waals surface area contributed by atoms with Crippen LogP contribution in [-0.4, -0.2) is 83.6 Å². The van der Waals surface area contributed by atoms with E-state index in [1.165, 1.54) is 0 Å². The highest BCUT2D eigenvalue weighted by Gasteiger charge is 2.06. The molecule has 0 aliphatic heterocycles. The molecular formula is C17H34N2O6. The van der Waals surface area contributed by atoms with Crippen LogP contribution in [0, 0.1) is 5.92 Å². The molecule has 0 aliphatic rings. The first-order chi connectivity index (χ1) is 11.9. The van der Waals surface area contributed by atoms with Crippen LogP contribution < -0.4 is 5.32 Å².